The number of anilines is 2. The van der Waals surface area contributed by atoms with Crippen LogP contribution in [-0.2, 0) is 9.59 Å². The second-order valence-electron chi connectivity index (χ2n) is 5.69. The number of carbonyl (C=O) groups excluding carboxylic acids is 3. The van der Waals surface area contributed by atoms with Crippen molar-refractivity contribution >= 4 is 34.8 Å². The molecule has 1 aliphatic rings. The first kappa shape index (κ1) is 16.4. The number of carbonyl (C=O) groups is 3. The molecule has 3 amide bonds. The summed E-state index contributed by atoms with van der Waals surface area (Å²) in [6.45, 7) is 5.19. The fourth-order valence-corrected chi connectivity index (χ4v) is 2.72. The zero-order valence-corrected chi connectivity index (χ0v) is 13.7. The summed E-state index contributed by atoms with van der Waals surface area (Å²) in [5.41, 5.74) is 2.93. The van der Waals surface area contributed by atoms with Gasteiger partial charge in [-0.05, 0) is 24.3 Å². The van der Waals surface area contributed by atoms with Gasteiger partial charge in [0.25, 0.3) is 5.91 Å². The van der Waals surface area contributed by atoms with Crippen molar-refractivity contribution in [2.24, 2.45) is 0 Å². The highest BCUT2D eigenvalue weighted by Crippen LogP contribution is 2.30. The van der Waals surface area contributed by atoms with E-state index in [9.17, 15) is 14.4 Å². The number of hydrogen-bond acceptors (Lipinski definition) is 3. The minimum Gasteiger partial charge on any atom is -0.326 e. The lowest BCUT2D eigenvalue weighted by Crippen LogP contribution is -2.32. The molecule has 1 heterocycles. The Morgan fingerprint density at radius 2 is 1.64 bits per heavy atom. The van der Waals surface area contributed by atoms with Gasteiger partial charge in [0.2, 0.25) is 11.8 Å². The zero-order chi connectivity index (χ0) is 18.0. The quantitative estimate of drug-likeness (QED) is 0.902. The van der Waals surface area contributed by atoms with E-state index in [1.54, 1.807) is 36.4 Å². The number of amides is 3. The lowest BCUT2D eigenvalue weighted by molar-refractivity contribution is -0.116. The van der Waals surface area contributed by atoms with Gasteiger partial charge in [-0.2, -0.15) is 0 Å². The van der Waals surface area contributed by atoms with Crippen LogP contribution in [0.1, 0.15) is 22.8 Å². The molecule has 2 N–H and O–H groups in total. The number of hydrogen-bond donors (Lipinski definition) is 2. The molecule has 126 valence electrons. The summed E-state index contributed by atoms with van der Waals surface area (Å²) >= 11 is 0. The van der Waals surface area contributed by atoms with Crippen molar-refractivity contribution in [3.05, 3.63) is 66.2 Å². The lowest BCUT2D eigenvalue weighted by Gasteiger charge is -2.17. The van der Waals surface area contributed by atoms with Gasteiger partial charge < -0.3 is 10.6 Å². The van der Waals surface area contributed by atoms with Crippen LogP contribution in [0.4, 0.5) is 11.4 Å². The van der Waals surface area contributed by atoms with E-state index in [2.05, 4.69) is 17.2 Å². The molecule has 0 aliphatic carbocycles. The van der Waals surface area contributed by atoms with E-state index in [-0.39, 0.29) is 24.3 Å². The molecule has 0 unspecified atom stereocenters. The van der Waals surface area contributed by atoms with Crippen LogP contribution >= 0.6 is 0 Å². The maximum absolute atomic E-state index is 12.4. The van der Waals surface area contributed by atoms with Crippen LogP contribution in [0.25, 0.3) is 5.70 Å². The SMILES string of the molecule is C=C1c2ccccc2C(=O)N1CC(=O)Nc1cccc(NC(C)=O)c1. The summed E-state index contributed by atoms with van der Waals surface area (Å²) in [6.07, 6.45) is 0. The molecule has 6 heteroatoms. The average Bonchev–Trinajstić information content (AvgIpc) is 2.80. The summed E-state index contributed by atoms with van der Waals surface area (Å²) < 4.78 is 0. The number of benzene rings is 2. The van der Waals surface area contributed by atoms with Crippen molar-refractivity contribution < 1.29 is 14.4 Å². The lowest BCUT2D eigenvalue weighted by atomic mass is 10.1. The van der Waals surface area contributed by atoms with Gasteiger partial charge in [0.15, 0.2) is 0 Å². The monoisotopic (exact) mass is 335 g/mol. The predicted molar refractivity (Wildman–Crippen MR) is 95.9 cm³/mol. The number of fused-ring (bicyclic) bond motifs is 1. The van der Waals surface area contributed by atoms with Crippen LogP contribution in [-0.4, -0.2) is 29.2 Å². The van der Waals surface area contributed by atoms with Gasteiger partial charge in [0.1, 0.15) is 6.54 Å². The first-order chi connectivity index (χ1) is 12.0. The third-order valence-electron chi connectivity index (χ3n) is 3.81. The Morgan fingerprint density at radius 1 is 1.00 bits per heavy atom. The van der Waals surface area contributed by atoms with Crippen LogP contribution in [0.2, 0.25) is 0 Å². The standard InChI is InChI=1S/C19H17N3O3/c1-12-16-8-3-4-9-17(16)19(25)22(12)11-18(24)21-15-7-5-6-14(10-15)20-13(2)23/h3-10H,1,11H2,2H3,(H,20,23)(H,21,24). The van der Waals surface area contributed by atoms with Gasteiger partial charge in [-0.1, -0.05) is 30.8 Å². The molecule has 2 aromatic rings. The Hall–Kier alpha value is -3.41. The Morgan fingerprint density at radius 3 is 2.28 bits per heavy atom. The number of nitrogens with one attached hydrogen (secondary N) is 2. The minimum atomic E-state index is -0.345. The molecule has 1 aliphatic heterocycles. The number of rotatable bonds is 4. The molecule has 0 saturated heterocycles. The van der Waals surface area contributed by atoms with E-state index in [0.29, 0.717) is 22.6 Å². The Bertz CT molecular complexity index is 854. The zero-order valence-electron chi connectivity index (χ0n) is 13.7. The summed E-state index contributed by atoms with van der Waals surface area (Å²) in [7, 11) is 0. The Balaban J connectivity index is 1.69. The van der Waals surface area contributed by atoms with Gasteiger partial charge >= 0.3 is 0 Å². The van der Waals surface area contributed by atoms with Crippen LogP contribution in [0, 0.1) is 0 Å². The molecule has 0 saturated carbocycles. The van der Waals surface area contributed by atoms with Gasteiger partial charge in [0, 0.05) is 35.1 Å². The average molecular weight is 335 g/mol. The predicted octanol–water partition coefficient (Wildman–Crippen LogP) is 2.71. The highest BCUT2D eigenvalue weighted by molar-refractivity contribution is 6.11. The van der Waals surface area contributed by atoms with Gasteiger partial charge in [-0.15, -0.1) is 0 Å². The summed E-state index contributed by atoms with van der Waals surface area (Å²) in [6, 6.07) is 13.9. The summed E-state index contributed by atoms with van der Waals surface area (Å²) in [5, 5.41) is 5.37. The normalized spacial score (nSPS) is 12.8. The molecule has 2 aromatic carbocycles. The molecule has 0 spiro atoms. The molecule has 0 bridgehead atoms. The third kappa shape index (κ3) is 3.42. The third-order valence-corrected chi connectivity index (χ3v) is 3.81. The van der Waals surface area contributed by atoms with Crippen molar-refractivity contribution in [3.8, 4) is 0 Å². The van der Waals surface area contributed by atoms with Gasteiger partial charge in [0.05, 0.1) is 0 Å². The molecule has 3 rings (SSSR count). The van der Waals surface area contributed by atoms with E-state index >= 15 is 0 Å². The van der Waals surface area contributed by atoms with Gasteiger partial charge in [-0.3, -0.25) is 19.3 Å². The Kier molecular flexibility index (Phi) is 4.35. The van der Waals surface area contributed by atoms with Crippen molar-refractivity contribution in [2.45, 2.75) is 6.92 Å². The smallest absolute Gasteiger partial charge is 0.259 e. The van der Waals surface area contributed by atoms with E-state index in [0.717, 1.165) is 5.56 Å². The second-order valence-corrected chi connectivity index (χ2v) is 5.69. The van der Waals surface area contributed by atoms with Crippen LogP contribution in [0.5, 0.6) is 0 Å². The van der Waals surface area contributed by atoms with Crippen LogP contribution < -0.4 is 10.6 Å². The molecule has 6 nitrogen and oxygen atoms in total. The van der Waals surface area contributed by atoms with Crippen molar-refractivity contribution in [1.29, 1.82) is 0 Å². The van der Waals surface area contributed by atoms with Gasteiger partial charge in [-0.25, -0.2) is 0 Å². The minimum absolute atomic E-state index is 0.128. The summed E-state index contributed by atoms with van der Waals surface area (Å²) in [5.74, 6) is -0.773. The molecule has 25 heavy (non-hydrogen) atoms. The van der Waals surface area contributed by atoms with Crippen molar-refractivity contribution in [2.75, 3.05) is 17.2 Å². The Labute approximate surface area is 145 Å². The largest absolute Gasteiger partial charge is 0.326 e. The molecule has 0 aromatic heterocycles. The van der Waals surface area contributed by atoms with E-state index in [4.69, 9.17) is 0 Å². The first-order valence-corrected chi connectivity index (χ1v) is 7.73. The fourth-order valence-electron chi connectivity index (χ4n) is 2.72. The molecule has 0 radical (unpaired) electrons. The molecule has 0 atom stereocenters. The van der Waals surface area contributed by atoms with E-state index in [1.807, 2.05) is 12.1 Å². The second kappa shape index (κ2) is 6.60. The maximum atomic E-state index is 12.4. The summed E-state index contributed by atoms with van der Waals surface area (Å²) in [4.78, 5) is 37.2. The fraction of sp³-hybridized carbons (Fsp3) is 0.105. The first-order valence-electron chi connectivity index (χ1n) is 7.73. The number of nitrogens with zero attached hydrogens (tertiary/aromatic N) is 1. The highest BCUT2D eigenvalue weighted by atomic mass is 16.2. The van der Waals surface area contributed by atoms with Crippen molar-refractivity contribution in [3.63, 3.8) is 0 Å². The maximum Gasteiger partial charge on any atom is 0.259 e. The van der Waals surface area contributed by atoms with E-state index in [1.165, 1.54) is 11.8 Å². The van der Waals surface area contributed by atoms with Crippen LogP contribution in [0.15, 0.2) is 55.1 Å². The van der Waals surface area contributed by atoms with E-state index < -0.39 is 0 Å². The highest BCUT2D eigenvalue weighted by Gasteiger charge is 2.31. The van der Waals surface area contributed by atoms with Crippen LogP contribution in [0.3, 0.4) is 0 Å². The molecule has 0 fully saturated rings. The molecular weight excluding hydrogens is 318 g/mol. The topological polar surface area (TPSA) is 78.5 Å². The van der Waals surface area contributed by atoms with Crippen molar-refractivity contribution in [1.82, 2.24) is 4.90 Å². The molecular formula is C19H17N3O3.